The summed E-state index contributed by atoms with van der Waals surface area (Å²) in [5, 5.41) is 21.4. The van der Waals surface area contributed by atoms with Gasteiger partial charge in [0.05, 0.1) is 18.7 Å². The van der Waals surface area contributed by atoms with Crippen molar-refractivity contribution in [1.82, 2.24) is 5.32 Å². The number of amides is 1. The number of nitriles is 2. The molecule has 0 heterocycles. The Bertz CT molecular complexity index is 1070. The molecule has 2 aromatic carbocycles. The third-order valence-electron chi connectivity index (χ3n) is 4.34. The van der Waals surface area contributed by atoms with E-state index in [1.165, 1.54) is 13.2 Å². The van der Waals surface area contributed by atoms with Gasteiger partial charge in [-0.2, -0.15) is 10.5 Å². The molecule has 0 saturated carbocycles. The maximum Gasteiger partial charge on any atom is 0.262 e. The average molecular weight is 415 g/mol. The first-order valence-electron chi connectivity index (χ1n) is 9.78. The van der Waals surface area contributed by atoms with Crippen LogP contribution in [0.25, 0.3) is 6.08 Å². The number of hydrogen-bond donors (Lipinski definition) is 1. The molecule has 158 valence electrons. The third-order valence-corrected chi connectivity index (χ3v) is 4.34. The second-order valence-corrected chi connectivity index (χ2v) is 7.06. The summed E-state index contributed by atoms with van der Waals surface area (Å²) < 4.78 is 11.6. The fourth-order valence-electron chi connectivity index (χ4n) is 2.95. The maximum atomic E-state index is 12.2. The lowest BCUT2D eigenvalue weighted by Gasteiger charge is -2.16. The largest absolute Gasteiger partial charge is 0.493 e. The van der Waals surface area contributed by atoms with E-state index in [0.29, 0.717) is 29.0 Å². The molecule has 2 aromatic rings. The minimum absolute atomic E-state index is 0.00285. The van der Waals surface area contributed by atoms with Gasteiger partial charge >= 0.3 is 0 Å². The highest BCUT2D eigenvalue weighted by Crippen LogP contribution is 2.35. The molecule has 0 saturated heterocycles. The first-order valence-corrected chi connectivity index (χ1v) is 9.78. The molecule has 1 amide bonds. The molecular formula is C25H25N3O3. The highest BCUT2D eigenvalue weighted by molar-refractivity contribution is 6.01. The minimum atomic E-state index is -0.435. The number of nitrogens with zero attached hydrogens (tertiary/aromatic N) is 2. The molecule has 0 atom stereocenters. The van der Waals surface area contributed by atoms with Crippen LogP contribution < -0.4 is 14.8 Å². The molecule has 0 aromatic heterocycles. The molecule has 0 spiro atoms. The highest BCUT2D eigenvalue weighted by Gasteiger charge is 2.15. The van der Waals surface area contributed by atoms with E-state index < -0.39 is 5.91 Å². The summed E-state index contributed by atoms with van der Waals surface area (Å²) in [6.45, 7) is 7.64. The van der Waals surface area contributed by atoms with Crippen molar-refractivity contribution in [2.45, 2.75) is 32.9 Å². The predicted molar refractivity (Wildman–Crippen MR) is 119 cm³/mol. The van der Waals surface area contributed by atoms with Gasteiger partial charge in [-0.05, 0) is 50.1 Å². The maximum absolute atomic E-state index is 12.2. The summed E-state index contributed by atoms with van der Waals surface area (Å²) >= 11 is 0. The van der Waals surface area contributed by atoms with Gasteiger partial charge in [0, 0.05) is 17.2 Å². The van der Waals surface area contributed by atoms with E-state index in [9.17, 15) is 15.3 Å². The van der Waals surface area contributed by atoms with Crippen LogP contribution in [0.1, 0.15) is 36.1 Å². The quantitative estimate of drug-likeness (QED) is 0.374. The van der Waals surface area contributed by atoms with Crippen molar-refractivity contribution in [3.05, 3.63) is 76.9 Å². The van der Waals surface area contributed by atoms with E-state index in [1.54, 1.807) is 24.3 Å². The molecular weight excluding hydrogens is 390 g/mol. The lowest BCUT2D eigenvalue weighted by Crippen LogP contribution is -2.30. The Morgan fingerprint density at radius 1 is 1.23 bits per heavy atom. The summed E-state index contributed by atoms with van der Waals surface area (Å²) in [5.74, 6) is 0.550. The fourth-order valence-corrected chi connectivity index (χ4v) is 2.95. The normalized spacial score (nSPS) is 10.7. The third kappa shape index (κ3) is 6.22. The van der Waals surface area contributed by atoms with Gasteiger partial charge in [0.2, 0.25) is 0 Å². The first-order chi connectivity index (χ1) is 14.9. The molecule has 0 fully saturated rings. The number of hydrogen-bond acceptors (Lipinski definition) is 5. The van der Waals surface area contributed by atoms with Crippen molar-refractivity contribution >= 4 is 12.0 Å². The summed E-state index contributed by atoms with van der Waals surface area (Å²) in [7, 11) is 1.52. The molecule has 6 nitrogen and oxygen atoms in total. The molecule has 6 heteroatoms. The zero-order valence-corrected chi connectivity index (χ0v) is 17.9. The lowest BCUT2D eigenvalue weighted by molar-refractivity contribution is -0.117. The van der Waals surface area contributed by atoms with Gasteiger partial charge in [0.15, 0.2) is 11.5 Å². The summed E-state index contributed by atoms with van der Waals surface area (Å²) in [6.07, 6.45) is 3.74. The van der Waals surface area contributed by atoms with Crippen molar-refractivity contribution in [3.63, 3.8) is 0 Å². The fraction of sp³-hybridized carbons (Fsp3) is 0.240. The number of benzene rings is 2. The number of allylic oxidation sites excluding steroid dienone is 1. The molecule has 0 radical (unpaired) electrons. The van der Waals surface area contributed by atoms with E-state index >= 15 is 0 Å². The van der Waals surface area contributed by atoms with E-state index in [-0.39, 0.29) is 18.2 Å². The van der Waals surface area contributed by atoms with Gasteiger partial charge in [0.25, 0.3) is 5.91 Å². The van der Waals surface area contributed by atoms with Gasteiger partial charge in [-0.15, -0.1) is 6.58 Å². The Morgan fingerprint density at radius 3 is 2.58 bits per heavy atom. The first kappa shape index (κ1) is 23.3. The minimum Gasteiger partial charge on any atom is -0.493 e. The summed E-state index contributed by atoms with van der Waals surface area (Å²) in [5.41, 5.74) is 2.72. The Morgan fingerprint density at radius 2 is 1.97 bits per heavy atom. The van der Waals surface area contributed by atoms with E-state index in [4.69, 9.17) is 9.47 Å². The van der Waals surface area contributed by atoms with Gasteiger partial charge in [0.1, 0.15) is 18.2 Å². The monoisotopic (exact) mass is 415 g/mol. The number of carbonyl (C=O) groups excluding carboxylic acids is 1. The van der Waals surface area contributed by atoms with Crippen LogP contribution in [0, 0.1) is 22.7 Å². The number of methoxy groups -OCH3 is 1. The Hall–Kier alpha value is -4.03. The standard InChI is InChI=1S/C25H25N3O3/c1-5-8-19-11-18(12-22(15-27)25(29)28-17(2)3)13-23(30-4)24(19)31-16-21-10-7-6-9-20(21)14-26/h5-7,9-13,17H,1,8,16H2,2-4H3,(H,28,29)/b22-12-. The Labute approximate surface area is 183 Å². The predicted octanol–water partition coefficient (Wildman–Crippen LogP) is 4.31. The lowest BCUT2D eigenvalue weighted by atomic mass is 10.0. The molecule has 0 bridgehead atoms. The van der Waals surface area contributed by atoms with Crippen molar-refractivity contribution in [2.24, 2.45) is 0 Å². The number of carbonyl (C=O) groups is 1. The van der Waals surface area contributed by atoms with Crippen LogP contribution in [0.2, 0.25) is 0 Å². The molecule has 31 heavy (non-hydrogen) atoms. The molecule has 2 rings (SSSR count). The molecule has 1 N–H and O–H groups in total. The topological polar surface area (TPSA) is 95.1 Å². The second kappa shape index (κ2) is 11.2. The smallest absolute Gasteiger partial charge is 0.262 e. The van der Waals surface area contributed by atoms with Crippen LogP contribution in [-0.4, -0.2) is 19.1 Å². The zero-order chi connectivity index (χ0) is 22.8. The van der Waals surface area contributed by atoms with Crippen LogP contribution in [0.5, 0.6) is 11.5 Å². The van der Waals surface area contributed by atoms with E-state index in [2.05, 4.69) is 18.0 Å². The summed E-state index contributed by atoms with van der Waals surface area (Å²) in [6, 6.07) is 14.8. The van der Waals surface area contributed by atoms with Crippen molar-refractivity contribution < 1.29 is 14.3 Å². The number of nitrogens with one attached hydrogen (secondary N) is 1. The molecule has 0 aliphatic carbocycles. The zero-order valence-electron chi connectivity index (χ0n) is 17.9. The van der Waals surface area contributed by atoms with Gasteiger partial charge in [-0.3, -0.25) is 4.79 Å². The molecule has 0 aliphatic rings. The van der Waals surface area contributed by atoms with Gasteiger partial charge in [-0.25, -0.2) is 0 Å². The van der Waals surface area contributed by atoms with Crippen molar-refractivity contribution in [1.29, 1.82) is 10.5 Å². The van der Waals surface area contributed by atoms with Crippen molar-refractivity contribution in [2.75, 3.05) is 7.11 Å². The van der Waals surface area contributed by atoms with Crippen LogP contribution in [0.15, 0.2) is 54.6 Å². The van der Waals surface area contributed by atoms with Gasteiger partial charge in [-0.1, -0.05) is 24.3 Å². The summed E-state index contributed by atoms with van der Waals surface area (Å²) in [4.78, 5) is 12.2. The Balaban J connectivity index is 2.43. The van der Waals surface area contributed by atoms with E-state index in [1.807, 2.05) is 38.1 Å². The van der Waals surface area contributed by atoms with E-state index in [0.717, 1.165) is 11.1 Å². The second-order valence-electron chi connectivity index (χ2n) is 7.06. The van der Waals surface area contributed by atoms with Crippen LogP contribution in [0.3, 0.4) is 0 Å². The molecule has 0 aliphatic heterocycles. The van der Waals surface area contributed by atoms with Crippen LogP contribution >= 0.6 is 0 Å². The average Bonchev–Trinajstić information content (AvgIpc) is 2.76. The van der Waals surface area contributed by atoms with Crippen LogP contribution in [-0.2, 0) is 17.8 Å². The highest BCUT2D eigenvalue weighted by atomic mass is 16.5. The van der Waals surface area contributed by atoms with Crippen molar-refractivity contribution in [3.8, 4) is 23.6 Å². The SMILES string of the molecule is C=CCc1cc(/C=C(/C#N)C(=O)NC(C)C)cc(OC)c1OCc1ccccc1C#N. The van der Waals surface area contributed by atoms with Crippen LogP contribution in [0.4, 0.5) is 0 Å². The molecule has 0 unspecified atom stereocenters. The Kier molecular flexibility index (Phi) is 8.42. The van der Waals surface area contributed by atoms with Gasteiger partial charge < -0.3 is 14.8 Å². The number of rotatable bonds is 9. The number of ether oxygens (including phenoxy) is 2.